The molecule has 1 atom stereocenters. The predicted molar refractivity (Wildman–Crippen MR) is 76.9 cm³/mol. The van der Waals surface area contributed by atoms with Gasteiger partial charge in [-0.05, 0) is 42.8 Å². The molecule has 0 aromatic carbocycles. The minimum atomic E-state index is -0.504. The van der Waals surface area contributed by atoms with Gasteiger partial charge in [-0.2, -0.15) is 0 Å². The number of carbonyl (C=O) groups excluding carboxylic acids is 2. The van der Waals surface area contributed by atoms with Crippen molar-refractivity contribution in [1.82, 2.24) is 10.2 Å². The van der Waals surface area contributed by atoms with Crippen molar-refractivity contribution < 1.29 is 9.59 Å². The van der Waals surface area contributed by atoms with E-state index >= 15 is 0 Å². The molecule has 6 heteroatoms. The third-order valence-corrected chi connectivity index (χ3v) is 4.13. The number of thiophene rings is 1. The van der Waals surface area contributed by atoms with E-state index in [4.69, 9.17) is 0 Å². The number of carbonyl (C=O) groups is 2. The molecule has 0 fully saturated rings. The maximum absolute atomic E-state index is 12.0. The maximum Gasteiger partial charge on any atom is 0.252 e. The highest BCUT2D eigenvalue weighted by molar-refractivity contribution is 9.11. The molecule has 0 unspecified atom stereocenters. The van der Waals surface area contributed by atoms with E-state index in [0.29, 0.717) is 18.7 Å². The van der Waals surface area contributed by atoms with Crippen LogP contribution in [0.25, 0.3) is 0 Å². The fourth-order valence-electron chi connectivity index (χ4n) is 1.58. The monoisotopic (exact) mass is 332 g/mol. The van der Waals surface area contributed by atoms with Gasteiger partial charge in [-0.25, -0.2) is 0 Å². The molecule has 2 amide bonds. The molecule has 18 heavy (non-hydrogen) atoms. The van der Waals surface area contributed by atoms with Gasteiger partial charge in [0.2, 0.25) is 5.91 Å². The van der Waals surface area contributed by atoms with Gasteiger partial charge in [0.15, 0.2) is 0 Å². The Kier molecular flexibility index (Phi) is 5.81. The van der Waals surface area contributed by atoms with Gasteiger partial charge in [-0.15, -0.1) is 11.3 Å². The summed E-state index contributed by atoms with van der Waals surface area (Å²) in [5.41, 5.74) is 0.575. The van der Waals surface area contributed by atoms with Crippen LogP contribution in [0.15, 0.2) is 15.2 Å². The molecule has 1 aromatic heterocycles. The van der Waals surface area contributed by atoms with Crippen molar-refractivity contribution in [3.05, 3.63) is 20.8 Å². The fraction of sp³-hybridized carbons (Fsp3) is 0.500. The largest absolute Gasteiger partial charge is 0.341 e. The lowest BCUT2D eigenvalue weighted by Crippen LogP contribution is -2.46. The van der Waals surface area contributed by atoms with E-state index in [0.717, 1.165) is 3.79 Å². The summed E-state index contributed by atoms with van der Waals surface area (Å²) in [4.78, 5) is 25.6. The smallest absolute Gasteiger partial charge is 0.252 e. The quantitative estimate of drug-likeness (QED) is 0.900. The van der Waals surface area contributed by atoms with Crippen molar-refractivity contribution in [2.24, 2.45) is 0 Å². The molecule has 0 radical (unpaired) electrons. The van der Waals surface area contributed by atoms with Crippen molar-refractivity contribution in [2.45, 2.75) is 26.8 Å². The molecule has 0 aliphatic carbocycles. The number of nitrogens with zero attached hydrogens (tertiary/aromatic N) is 1. The zero-order chi connectivity index (χ0) is 13.7. The second-order valence-corrected chi connectivity index (χ2v) is 6.14. The van der Waals surface area contributed by atoms with E-state index in [1.54, 1.807) is 23.3 Å². The third kappa shape index (κ3) is 3.81. The van der Waals surface area contributed by atoms with Gasteiger partial charge in [-0.3, -0.25) is 9.59 Å². The molecule has 0 saturated heterocycles. The Morgan fingerprint density at radius 1 is 1.44 bits per heavy atom. The topological polar surface area (TPSA) is 49.4 Å². The lowest BCUT2D eigenvalue weighted by molar-refractivity contribution is -0.132. The van der Waals surface area contributed by atoms with Crippen LogP contribution >= 0.6 is 27.3 Å². The Balaban J connectivity index is 2.62. The van der Waals surface area contributed by atoms with Crippen molar-refractivity contribution in [3.63, 3.8) is 0 Å². The minimum Gasteiger partial charge on any atom is -0.341 e. The predicted octanol–water partition coefficient (Wildman–Crippen LogP) is 2.50. The van der Waals surface area contributed by atoms with Crippen LogP contribution in [0.2, 0.25) is 0 Å². The van der Waals surface area contributed by atoms with Crippen molar-refractivity contribution in [3.8, 4) is 0 Å². The molecule has 0 spiro atoms. The third-order valence-electron chi connectivity index (χ3n) is 2.62. The molecule has 4 nitrogen and oxygen atoms in total. The Labute approximate surface area is 119 Å². The SMILES string of the molecule is CCN(CC)C(=O)[C@H](C)NC(=O)c1csc(Br)c1. The second-order valence-electron chi connectivity index (χ2n) is 3.85. The number of halogens is 1. The molecule has 100 valence electrons. The van der Waals surface area contributed by atoms with Gasteiger partial charge in [0.1, 0.15) is 6.04 Å². The Bertz CT molecular complexity index is 429. The molecule has 1 aromatic rings. The van der Waals surface area contributed by atoms with Gasteiger partial charge in [0, 0.05) is 18.5 Å². The van der Waals surface area contributed by atoms with Gasteiger partial charge >= 0.3 is 0 Å². The number of amides is 2. The van der Waals surface area contributed by atoms with Crippen molar-refractivity contribution >= 4 is 39.1 Å². The van der Waals surface area contributed by atoms with E-state index in [9.17, 15) is 9.59 Å². The van der Waals surface area contributed by atoms with Gasteiger partial charge in [-0.1, -0.05) is 0 Å². The zero-order valence-corrected chi connectivity index (χ0v) is 13.1. The summed E-state index contributed by atoms with van der Waals surface area (Å²) in [6.07, 6.45) is 0. The molecule has 1 N–H and O–H groups in total. The van der Waals surface area contributed by atoms with Crippen molar-refractivity contribution in [2.75, 3.05) is 13.1 Å². The van der Waals surface area contributed by atoms with E-state index in [2.05, 4.69) is 21.2 Å². The summed E-state index contributed by atoms with van der Waals surface area (Å²) in [5, 5.41) is 4.47. The van der Waals surface area contributed by atoms with E-state index < -0.39 is 6.04 Å². The maximum atomic E-state index is 12.0. The van der Waals surface area contributed by atoms with Crippen LogP contribution in [-0.2, 0) is 4.79 Å². The van der Waals surface area contributed by atoms with Gasteiger partial charge in [0.05, 0.1) is 9.35 Å². The number of rotatable bonds is 5. The summed E-state index contributed by atoms with van der Waals surface area (Å²) in [5.74, 6) is -0.271. The van der Waals surface area contributed by atoms with Crippen molar-refractivity contribution in [1.29, 1.82) is 0 Å². The first-order chi connectivity index (χ1) is 8.49. The van der Waals surface area contributed by atoms with Crippen LogP contribution in [0.3, 0.4) is 0 Å². The fourth-order valence-corrected chi connectivity index (χ4v) is 2.72. The lowest BCUT2D eigenvalue weighted by atomic mass is 10.2. The molecule has 0 aliphatic rings. The molecular formula is C12H17BrN2O2S. The number of nitrogens with one attached hydrogen (secondary N) is 1. The number of hydrogen-bond donors (Lipinski definition) is 1. The van der Waals surface area contributed by atoms with Gasteiger partial charge in [0.25, 0.3) is 5.91 Å². The molecule has 1 rings (SSSR count). The molecule has 0 saturated carbocycles. The minimum absolute atomic E-state index is 0.0531. The number of hydrogen-bond acceptors (Lipinski definition) is 3. The highest BCUT2D eigenvalue weighted by atomic mass is 79.9. The highest BCUT2D eigenvalue weighted by Crippen LogP contribution is 2.20. The molecule has 1 heterocycles. The second kappa shape index (κ2) is 6.89. The Morgan fingerprint density at radius 3 is 2.50 bits per heavy atom. The first kappa shape index (κ1) is 15.2. The summed E-state index contributed by atoms with van der Waals surface area (Å²) < 4.78 is 0.898. The van der Waals surface area contributed by atoms with Crippen LogP contribution in [0, 0.1) is 0 Å². The molecule has 0 aliphatic heterocycles. The standard InChI is InChI=1S/C12H17BrN2O2S/c1-4-15(5-2)12(17)8(3)14-11(16)9-6-10(13)18-7-9/h6-8H,4-5H2,1-3H3,(H,14,16)/t8-/m0/s1. The summed E-state index contributed by atoms with van der Waals surface area (Å²) in [7, 11) is 0. The molecule has 0 bridgehead atoms. The highest BCUT2D eigenvalue weighted by Gasteiger charge is 2.20. The van der Waals surface area contributed by atoms with E-state index in [-0.39, 0.29) is 11.8 Å². The lowest BCUT2D eigenvalue weighted by Gasteiger charge is -2.23. The summed E-state index contributed by atoms with van der Waals surface area (Å²) in [6.45, 7) is 6.86. The normalized spacial score (nSPS) is 12.0. The van der Waals surface area contributed by atoms with Crippen LogP contribution in [0.5, 0.6) is 0 Å². The number of likely N-dealkylation sites (N-methyl/N-ethyl adjacent to an activating group) is 1. The Morgan fingerprint density at radius 2 is 2.06 bits per heavy atom. The first-order valence-electron chi connectivity index (χ1n) is 5.83. The van der Waals surface area contributed by atoms with Crippen LogP contribution in [0.1, 0.15) is 31.1 Å². The summed E-state index contributed by atoms with van der Waals surface area (Å²) >= 11 is 4.75. The van der Waals surface area contributed by atoms with Crippen LogP contribution < -0.4 is 5.32 Å². The Hall–Kier alpha value is -0.880. The van der Waals surface area contributed by atoms with Crippen LogP contribution in [0.4, 0.5) is 0 Å². The van der Waals surface area contributed by atoms with E-state index in [1.165, 1.54) is 11.3 Å². The summed E-state index contributed by atoms with van der Waals surface area (Å²) in [6, 6.07) is 1.24. The average molecular weight is 333 g/mol. The molecular weight excluding hydrogens is 316 g/mol. The van der Waals surface area contributed by atoms with Gasteiger partial charge < -0.3 is 10.2 Å². The first-order valence-corrected chi connectivity index (χ1v) is 7.50. The zero-order valence-electron chi connectivity index (χ0n) is 10.7. The van der Waals surface area contributed by atoms with E-state index in [1.807, 2.05) is 13.8 Å². The average Bonchev–Trinajstić information content (AvgIpc) is 2.77. The van der Waals surface area contributed by atoms with Crippen LogP contribution in [-0.4, -0.2) is 35.8 Å².